The summed E-state index contributed by atoms with van der Waals surface area (Å²) in [5, 5.41) is 0. The van der Waals surface area contributed by atoms with Gasteiger partial charge in [0.15, 0.2) is 13.2 Å². The Bertz CT molecular complexity index is 483. The Labute approximate surface area is 119 Å². The Balaban J connectivity index is 2.62. The number of carbonyl (C=O) groups is 2. The minimum atomic E-state index is -4.68. The maximum Gasteiger partial charge on any atom is 0.422 e. The molecule has 0 saturated heterocycles. The van der Waals surface area contributed by atoms with Crippen LogP contribution >= 0.6 is 0 Å². The van der Waals surface area contributed by atoms with Gasteiger partial charge in [0.25, 0.3) is 0 Å². The average Bonchev–Trinajstić information content (AvgIpc) is 2.40. The van der Waals surface area contributed by atoms with Crippen molar-refractivity contribution in [3.63, 3.8) is 0 Å². The summed E-state index contributed by atoms with van der Waals surface area (Å²) in [6, 6.07) is 3.73. The lowest BCUT2D eigenvalue weighted by molar-refractivity contribution is -0.162. The van der Waals surface area contributed by atoms with E-state index in [9.17, 15) is 35.9 Å². The summed E-state index contributed by atoms with van der Waals surface area (Å²) in [5.74, 6) is -2.57. The van der Waals surface area contributed by atoms with Gasteiger partial charge in [0.05, 0.1) is 11.1 Å². The lowest BCUT2D eigenvalue weighted by Gasteiger charge is -2.09. The summed E-state index contributed by atoms with van der Waals surface area (Å²) in [7, 11) is 0. The van der Waals surface area contributed by atoms with Gasteiger partial charge in [0.2, 0.25) is 0 Å². The number of carbonyl (C=O) groups excluding carboxylic acids is 2. The van der Waals surface area contributed by atoms with Crippen LogP contribution in [0.25, 0.3) is 0 Å². The molecule has 0 bridgehead atoms. The van der Waals surface area contributed by atoms with Crippen molar-refractivity contribution >= 4 is 11.9 Å². The zero-order valence-electron chi connectivity index (χ0n) is 10.6. The van der Waals surface area contributed by atoms with Gasteiger partial charge in [-0.2, -0.15) is 26.3 Å². The van der Waals surface area contributed by atoms with Crippen molar-refractivity contribution in [2.45, 2.75) is 12.4 Å². The van der Waals surface area contributed by atoms with Crippen molar-refractivity contribution in [2.24, 2.45) is 0 Å². The number of hydrogen-bond donors (Lipinski definition) is 0. The second-order valence-electron chi connectivity index (χ2n) is 3.96. The van der Waals surface area contributed by atoms with Crippen LogP contribution in [0.1, 0.15) is 20.7 Å². The second kappa shape index (κ2) is 6.67. The van der Waals surface area contributed by atoms with Crippen molar-refractivity contribution < 1.29 is 45.4 Å². The predicted molar refractivity (Wildman–Crippen MR) is 59.1 cm³/mol. The van der Waals surface area contributed by atoms with Crippen LogP contribution in [0.5, 0.6) is 0 Å². The first-order chi connectivity index (χ1) is 9.98. The van der Waals surface area contributed by atoms with E-state index in [1.54, 1.807) is 0 Å². The van der Waals surface area contributed by atoms with Crippen molar-refractivity contribution in [2.75, 3.05) is 13.2 Å². The number of alkyl halides is 6. The maximum atomic E-state index is 11.9. The molecule has 0 aliphatic carbocycles. The molecule has 0 unspecified atom stereocenters. The Morgan fingerprint density at radius 2 is 1.00 bits per heavy atom. The molecule has 0 N–H and O–H groups in total. The molecule has 0 spiro atoms. The van der Waals surface area contributed by atoms with Gasteiger partial charge in [-0.05, 0) is 24.3 Å². The van der Waals surface area contributed by atoms with Gasteiger partial charge in [-0.3, -0.25) is 0 Å². The molecule has 1 rings (SSSR count). The minimum absolute atomic E-state index is 0.295. The molecule has 1 aromatic rings. The standard InChI is InChI=1S/C12H8F6O4/c13-11(14,15)5-21-9(19)7-1-2-8(4-3-7)10(20)22-6-12(16,17)18/h1-4H,5-6H2. The number of ether oxygens (including phenoxy) is 2. The summed E-state index contributed by atoms with van der Waals surface area (Å²) < 4.78 is 79.0. The van der Waals surface area contributed by atoms with Crippen LogP contribution in [0.4, 0.5) is 26.3 Å². The van der Waals surface area contributed by atoms with Crippen LogP contribution < -0.4 is 0 Å². The molecule has 0 amide bonds. The zero-order valence-corrected chi connectivity index (χ0v) is 10.6. The topological polar surface area (TPSA) is 52.6 Å². The largest absolute Gasteiger partial charge is 0.452 e. The van der Waals surface area contributed by atoms with Crippen molar-refractivity contribution in [3.05, 3.63) is 35.4 Å². The summed E-state index contributed by atoms with van der Waals surface area (Å²) in [6.45, 7) is -3.55. The third-order valence-corrected chi connectivity index (χ3v) is 2.09. The highest BCUT2D eigenvalue weighted by molar-refractivity contribution is 5.93. The summed E-state index contributed by atoms with van der Waals surface area (Å²) in [4.78, 5) is 22.5. The second-order valence-corrected chi connectivity index (χ2v) is 3.96. The molecular formula is C12H8F6O4. The number of hydrogen-bond acceptors (Lipinski definition) is 4. The molecule has 0 atom stereocenters. The van der Waals surface area contributed by atoms with Crippen LogP contribution in [-0.2, 0) is 9.47 Å². The van der Waals surface area contributed by atoms with Gasteiger partial charge in [-0.25, -0.2) is 9.59 Å². The number of esters is 2. The predicted octanol–water partition coefficient (Wildman–Crippen LogP) is 3.12. The Morgan fingerprint density at radius 1 is 0.727 bits per heavy atom. The molecule has 4 nitrogen and oxygen atoms in total. The lowest BCUT2D eigenvalue weighted by Crippen LogP contribution is -2.21. The third kappa shape index (κ3) is 6.46. The first-order valence-electron chi connectivity index (χ1n) is 5.56. The van der Waals surface area contributed by atoms with Gasteiger partial charge in [-0.15, -0.1) is 0 Å². The van der Waals surface area contributed by atoms with E-state index in [1.807, 2.05) is 0 Å². The summed E-state index contributed by atoms with van der Waals surface area (Å²) >= 11 is 0. The lowest BCUT2D eigenvalue weighted by atomic mass is 10.1. The van der Waals surface area contributed by atoms with Crippen molar-refractivity contribution in [1.29, 1.82) is 0 Å². The van der Waals surface area contributed by atoms with Gasteiger partial charge < -0.3 is 9.47 Å². The highest BCUT2D eigenvalue weighted by atomic mass is 19.4. The first-order valence-corrected chi connectivity index (χ1v) is 5.56. The van der Waals surface area contributed by atoms with E-state index in [0.717, 1.165) is 24.3 Å². The molecule has 1 aromatic carbocycles. The molecule has 0 aromatic heterocycles. The molecule has 0 aliphatic heterocycles. The van der Waals surface area contributed by atoms with E-state index in [0.29, 0.717) is 0 Å². The average molecular weight is 330 g/mol. The van der Waals surface area contributed by atoms with Gasteiger partial charge in [0.1, 0.15) is 0 Å². The van der Waals surface area contributed by atoms with E-state index in [1.165, 1.54) is 0 Å². The fraction of sp³-hybridized carbons (Fsp3) is 0.333. The SMILES string of the molecule is O=C(OCC(F)(F)F)c1ccc(C(=O)OCC(F)(F)F)cc1. The summed E-state index contributed by atoms with van der Waals surface area (Å²) in [6.07, 6.45) is -9.37. The van der Waals surface area contributed by atoms with Crippen LogP contribution in [0.15, 0.2) is 24.3 Å². The van der Waals surface area contributed by atoms with E-state index >= 15 is 0 Å². The molecule has 0 saturated carbocycles. The van der Waals surface area contributed by atoms with Crippen LogP contribution in [0, 0.1) is 0 Å². The highest BCUT2D eigenvalue weighted by Crippen LogP contribution is 2.17. The van der Waals surface area contributed by atoms with Crippen LogP contribution in [0.3, 0.4) is 0 Å². The molecule has 0 aliphatic rings. The summed E-state index contributed by atoms with van der Waals surface area (Å²) in [5.41, 5.74) is -0.590. The quantitative estimate of drug-likeness (QED) is 0.629. The first kappa shape index (κ1) is 17.8. The van der Waals surface area contributed by atoms with Crippen LogP contribution in [-0.4, -0.2) is 37.5 Å². The third-order valence-electron chi connectivity index (χ3n) is 2.09. The molecule has 122 valence electrons. The van der Waals surface area contributed by atoms with E-state index in [4.69, 9.17) is 0 Å². The molecule has 22 heavy (non-hydrogen) atoms. The Kier molecular flexibility index (Phi) is 5.39. The van der Waals surface area contributed by atoms with E-state index < -0.39 is 37.5 Å². The zero-order chi connectivity index (χ0) is 17.0. The minimum Gasteiger partial charge on any atom is -0.452 e. The van der Waals surface area contributed by atoms with E-state index in [-0.39, 0.29) is 11.1 Å². The fourth-order valence-electron chi connectivity index (χ4n) is 1.20. The van der Waals surface area contributed by atoms with Crippen LogP contribution in [0.2, 0.25) is 0 Å². The van der Waals surface area contributed by atoms with Crippen molar-refractivity contribution in [3.8, 4) is 0 Å². The van der Waals surface area contributed by atoms with Gasteiger partial charge in [0, 0.05) is 0 Å². The number of halogens is 6. The Hall–Kier alpha value is -2.26. The monoisotopic (exact) mass is 330 g/mol. The molecule has 0 radical (unpaired) electrons. The fourth-order valence-corrected chi connectivity index (χ4v) is 1.20. The molecule has 10 heteroatoms. The number of benzene rings is 1. The molecule has 0 heterocycles. The smallest absolute Gasteiger partial charge is 0.422 e. The van der Waals surface area contributed by atoms with Gasteiger partial charge >= 0.3 is 24.3 Å². The molecule has 0 fully saturated rings. The normalized spacial score (nSPS) is 11.9. The maximum absolute atomic E-state index is 11.9. The number of rotatable bonds is 4. The Morgan fingerprint density at radius 3 is 1.23 bits per heavy atom. The van der Waals surface area contributed by atoms with Crippen molar-refractivity contribution in [1.82, 2.24) is 0 Å². The highest BCUT2D eigenvalue weighted by Gasteiger charge is 2.30. The molecular weight excluding hydrogens is 322 g/mol. The van der Waals surface area contributed by atoms with E-state index in [2.05, 4.69) is 9.47 Å². The van der Waals surface area contributed by atoms with Gasteiger partial charge in [-0.1, -0.05) is 0 Å².